The van der Waals surface area contributed by atoms with Crippen molar-refractivity contribution in [3.63, 3.8) is 0 Å². The Morgan fingerprint density at radius 2 is 1.10 bits per heavy atom. The van der Waals surface area contributed by atoms with Crippen LogP contribution in [-0.2, 0) is 48.0 Å². The third-order valence-corrected chi connectivity index (χ3v) is 7.30. The number of phenols is 1. The summed E-state index contributed by atoms with van der Waals surface area (Å²) >= 11 is 0. The van der Waals surface area contributed by atoms with Crippen LogP contribution in [0.15, 0.2) is 84.9 Å². The number of aliphatic carboxylic acids is 1. The van der Waals surface area contributed by atoms with E-state index in [1.54, 1.807) is 72.8 Å². The summed E-state index contributed by atoms with van der Waals surface area (Å²) in [5.41, 5.74) is 13.2. The molecule has 48 heavy (non-hydrogen) atoms. The van der Waals surface area contributed by atoms with E-state index in [9.17, 15) is 39.0 Å². The molecule has 0 aliphatic heterocycles. The highest BCUT2D eigenvalue weighted by atomic mass is 16.4. The molecule has 0 aliphatic carbocycles. The highest BCUT2D eigenvalue weighted by Gasteiger charge is 2.30. The van der Waals surface area contributed by atoms with Gasteiger partial charge in [-0.1, -0.05) is 72.8 Å². The van der Waals surface area contributed by atoms with E-state index in [-0.39, 0.29) is 37.9 Å². The van der Waals surface area contributed by atoms with Crippen LogP contribution in [0.5, 0.6) is 5.75 Å². The maximum absolute atomic E-state index is 13.7. The van der Waals surface area contributed by atoms with Gasteiger partial charge < -0.3 is 42.9 Å². The predicted molar refractivity (Wildman–Crippen MR) is 175 cm³/mol. The molecule has 4 atom stereocenters. The van der Waals surface area contributed by atoms with Crippen LogP contribution in [0.1, 0.15) is 29.5 Å². The molecule has 0 saturated heterocycles. The van der Waals surface area contributed by atoms with Crippen molar-refractivity contribution in [3.05, 3.63) is 102 Å². The van der Waals surface area contributed by atoms with Gasteiger partial charge in [0.2, 0.25) is 29.5 Å². The summed E-state index contributed by atoms with van der Waals surface area (Å²) in [4.78, 5) is 75.6. The van der Waals surface area contributed by atoms with E-state index in [0.717, 1.165) is 0 Å². The number of phenolic OH excluding ortho intramolecular Hbond substituents is 1. The van der Waals surface area contributed by atoms with E-state index in [2.05, 4.69) is 21.3 Å². The van der Waals surface area contributed by atoms with Crippen LogP contribution in [0.2, 0.25) is 0 Å². The van der Waals surface area contributed by atoms with Gasteiger partial charge in [-0.05, 0) is 41.7 Å². The predicted octanol–water partition coefficient (Wildman–Crippen LogP) is -0.332. The summed E-state index contributed by atoms with van der Waals surface area (Å²) in [6, 6.07) is 18.8. The summed E-state index contributed by atoms with van der Waals surface area (Å²) in [6.45, 7) is -0.491. The number of benzene rings is 3. The molecule has 0 radical (unpaired) electrons. The molecule has 0 unspecified atom stereocenters. The molecule has 254 valence electrons. The number of carboxylic acids is 1. The Bertz CT molecular complexity index is 1550. The molecule has 0 aliphatic rings. The second kappa shape index (κ2) is 18.4. The first-order valence-electron chi connectivity index (χ1n) is 15.2. The minimum absolute atomic E-state index is 0.0123. The Kier molecular flexibility index (Phi) is 14.1. The van der Waals surface area contributed by atoms with Gasteiger partial charge in [-0.15, -0.1) is 0 Å². The van der Waals surface area contributed by atoms with Gasteiger partial charge in [0.05, 0.1) is 12.6 Å². The van der Waals surface area contributed by atoms with Crippen molar-refractivity contribution in [3.8, 4) is 5.75 Å². The van der Waals surface area contributed by atoms with Crippen molar-refractivity contribution in [1.82, 2.24) is 21.3 Å². The van der Waals surface area contributed by atoms with Crippen molar-refractivity contribution >= 4 is 35.5 Å². The molecule has 0 heterocycles. The van der Waals surface area contributed by atoms with E-state index < -0.39 is 66.2 Å². The molecule has 0 saturated carbocycles. The zero-order valence-electron chi connectivity index (χ0n) is 26.1. The molecule has 14 nitrogen and oxygen atoms in total. The van der Waals surface area contributed by atoms with Crippen LogP contribution >= 0.6 is 0 Å². The first-order valence-corrected chi connectivity index (χ1v) is 15.2. The van der Waals surface area contributed by atoms with Gasteiger partial charge in [-0.25, -0.2) is 4.79 Å². The van der Waals surface area contributed by atoms with Gasteiger partial charge in [0.15, 0.2) is 0 Å². The molecule has 0 fully saturated rings. The first kappa shape index (κ1) is 36.7. The molecule has 14 heteroatoms. The summed E-state index contributed by atoms with van der Waals surface area (Å²) in [6.07, 6.45) is -0.358. The molecule has 3 aromatic carbocycles. The minimum atomic E-state index is -1.44. The summed E-state index contributed by atoms with van der Waals surface area (Å²) in [7, 11) is 0. The number of carboxylic acid groups (broad SMARTS) is 1. The van der Waals surface area contributed by atoms with E-state index in [0.29, 0.717) is 16.7 Å². The van der Waals surface area contributed by atoms with Crippen LogP contribution in [0, 0.1) is 0 Å². The Labute approximate surface area is 277 Å². The third kappa shape index (κ3) is 12.6. The second-order valence-corrected chi connectivity index (χ2v) is 11.2. The molecular formula is C34H40N6O8. The number of nitrogens with two attached hydrogens (primary N) is 2. The summed E-state index contributed by atoms with van der Waals surface area (Å²) < 4.78 is 0. The lowest BCUT2D eigenvalue weighted by Gasteiger charge is -2.25. The molecule has 0 bridgehead atoms. The number of nitrogens with one attached hydrogen (secondary N) is 4. The molecule has 5 amide bonds. The van der Waals surface area contributed by atoms with Crippen molar-refractivity contribution in [1.29, 1.82) is 0 Å². The van der Waals surface area contributed by atoms with E-state index >= 15 is 0 Å². The minimum Gasteiger partial charge on any atom is -0.508 e. The first-order chi connectivity index (χ1) is 22.9. The highest BCUT2D eigenvalue weighted by Crippen LogP contribution is 2.11. The smallest absolute Gasteiger partial charge is 0.326 e. The highest BCUT2D eigenvalue weighted by molar-refractivity contribution is 5.94. The molecule has 0 aromatic heterocycles. The van der Waals surface area contributed by atoms with Gasteiger partial charge in [-0.2, -0.15) is 0 Å². The summed E-state index contributed by atoms with van der Waals surface area (Å²) in [5.74, 6) is -4.90. The van der Waals surface area contributed by atoms with E-state index in [1.807, 2.05) is 0 Å². The SMILES string of the molecule is NC(=O)CC[C@H](NC(=O)[C@H](Cc1ccccc1)NC(=O)[C@H](Cc1ccccc1)NC(=O)CNC(=O)[C@@H](N)Cc1ccc(O)cc1)C(=O)O. The maximum atomic E-state index is 13.7. The number of hydrogen-bond acceptors (Lipinski definition) is 8. The van der Waals surface area contributed by atoms with Crippen LogP contribution in [0.3, 0.4) is 0 Å². The maximum Gasteiger partial charge on any atom is 0.326 e. The van der Waals surface area contributed by atoms with Gasteiger partial charge in [-0.3, -0.25) is 24.0 Å². The van der Waals surface area contributed by atoms with Crippen molar-refractivity contribution < 1.29 is 39.0 Å². The standard InChI is InChI=1S/C34H40N6O8/c35-25(17-23-11-13-24(41)14-12-23)31(44)37-20-30(43)38-27(18-21-7-3-1-4-8-21)32(45)40-28(19-22-9-5-2-6-10-22)33(46)39-26(34(47)48)15-16-29(36)42/h1-14,25-28,41H,15-20,35H2,(H2,36,42)(H,37,44)(H,38,43)(H,39,46)(H,40,45)(H,47,48)/t25-,26-,27-,28-/m0/s1. The van der Waals surface area contributed by atoms with Gasteiger partial charge in [0, 0.05) is 19.3 Å². The van der Waals surface area contributed by atoms with Gasteiger partial charge in [0.1, 0.15) is 23.9 Å². The Morgan fingerprint density at radius 1 is 0.625 bits per heavy atom. The Balaban J connectivity index is 1.73. The third-order valence-electron chi connectivity index (χ3n) is 7.30. The molecular weight excluding hydrogens is 620 g/mol. The topological polar surface area (TPSA) is 243 Å². The normalized spacial score (nSPS) is 13.2. The molecule has 3 rings (SSSR count). The van der Waals surface area contributed by atoms with Crippen molar-refractivity contribution in [2.45, 2.75) is 56.3 Å². The van der Waals surface area contributed by atoms with E-state index in [4.69, 9.17) is 11.5 Å². The lowest BCUT2D eigenvalue weighted by atomic mass is 10.0. The number of primary amides is 1. The second-order valence-electron chi connectivity index (χ2n) is 11.2. The number of aromatic hydroxyl groups is 1. The number of carbonyl (C=O) groups excluding carboxylic acids is 5. The molecule has 10 N–H and O–H groups in total. The number of hydrogen-bond donors (Lipinski definition) is 8. The summed E-state index contributed by atoms with van der Waals surface area (Å²) in [5, 5.41) is 29.1. The van der Waals surface area contributed by atoms with Gasteiger partial charge >= 0.3 is 5.97 Å². The van der Waals surface area contributed by atoms with Crippen LogP contribution < -0.4 is 32.7 Å². The number of amides is 5. The lowest BCUT2D eigenvalue weighted by molar-refractivity contribution is -0.142. The van der Waals surface area contributed by atoms with Crippen molar-refractivity contribution in [2.24, 2.45) is 11.5 Å². The fraction of sp³-hybridized carbons (Fsp3) is 0.294. The van der Waals surface area contributed by atoms with Crippen LogP contribution in [0.25, 0.3) is 0 Å². The zero-order chi connectivity index (χ0) is 35.1. The zero-order valence-corrected chi connectivity index (χ0v) is 26.1. The Morgan fingerprint density at radius 3 is 1.60 bits per heavy atom. The molecule has 0 spiro atoms. The van der Waals surface area contributed by atoms with Crippen LogP contribution in [-0.4, -0.2) is 76.4 Å². The Hall–Kier alpha value is -5.76. The molecule has 3 aromatic rings. The van der Waals surface area contributed by atoms with E-state index in [1.165, 1.54) is 12.1 Å². The average Bonchev–Trinajstić information content (AvgIpc) is 3.06. The van der Waals surface area contributed by atoms with Gasteiger partial charge in [0.25, 0.3) is 0 Å². The lowest BCUT2D eigenvalue weighted by Crippen LogP contribution is -2.57. The number of carbonyl (C=O) groups is 6. The average molecular weight is 661 g/mol. The van der Waals surface area contributed by atoms with Crippen LogP contribution in [0.4, 0.5) is 0 Å². The number of rotatable bonds is 18. The van der Waals surface area contributed by atoms with Crippen molar-refractivity contribution in [2.75, 3.05) is 6.54 Å². The quantitative estimate of drug-likeness (QED) is 0.0889. The fourth-order valence-electron chi connectivity index (χ4n) is 4.73. The monoisotopic (exact) mass is 660 g/mol. The largest absolute Gasteiger partial charge is 0.508 e. The fourth-order valence-corrected chi connectivity index (χ4v) is 4.73.